The van der Waals surface area contributed by atoms with Gasteiger partial charge in [0.15, 0.2) is 0 Å². The summed E-state index contributed by atoms with van der Waals surface area (Å²) in [5.74, 6) is 0. The number of hydrogen-bond acceptors (Lipinski definition) is 2. The van der Waals surface area contributed by atoms with Crippen molar-refractivity contribution in [3.05, 3.63) is 29.3 Å². The van der Waals surface area contributed by atoms with Crippen molar-refractivity contribution in [1.29, 1.82) is 0 Å². The quantitative estimate of drug-likeness (QED) is 0.736. The first-order chi connectivity index (χ1) is 6.78. The highest BCUT2D eigenvalue weighted by atomic mass is 31.2. The van der Waals surface area contributed by atoms with Crippen molar-refractivity contribution in [2.75, 3.05) is 32.3 Å². The Hall–Kier alpha value is -0.750. The van der Waals surface area contributed by atoms with Crippen molar-refractivity contribution < 1.29 is 4.57 Å². The van der Waals surface area contributed by atoms with E-state index in [9.17, 15) is 4.57 Å². The van der Waals surface area contributed by atoms with Gasteiger partial charge in [-0.25, -0.2) is 0 Å². The first kappa shape index (κ1) is 12.3. The molecule has 0 saturated heterocycles. The molecule has 0 atom stereocenters. The predicted molar refractivity (Wildman–Crippen MR) is 68.7 cm³/mol. The van der Waals surface area contributed by atoms with Crippen LogP contribution in [-0.4, -0.2) is 27.4 Å². The Morgan fingerprint density at radius 3 is 2.27 bits per heavy atom. The second-order valence-electron chi connectivity index (χ2n) is 4.80. The summed E-state index contributed by atoms with van der Waals surface area (Å²) in [5.41, 5.74) is 3.58. The fourth-order valence-electron chi connectivity index (χ4n) is 1.63. The van der Waals surface area contributed by atoms with Gasteiger partial charge in [0.25, 0.3) is 0 Å². The molecule has 15 heavy (non-hydrogen) atoms. The summed E-state index contributed by atoms with van der Waals surface area (Å²) in [5, 5.41) is 0. The minimum atomic E-state index is -1.98. The number of nitrogens with zero attached hydrogens (tertiary/aromatic N) is 1. The van der Waals surface area contributed by atoms with Crippen LogP contribution in [0, 0.1) is 6.92 Å². The highest BCUT2D eigenvalue weighted by Gasteiger charge is 2.09. The average molecular weight is 225 g/mol. The van der Waals surface area contributed by atoms with E-state index in [1.54, 1.807) is 0 Å². The largest absolute Gasteiger partial charge is 0.378 e. The number of benzene rings is 1. The van der Waals surface area contributed by atoms with Gasteiger partial charge in [-0.1, -0.05) is 6.07 Å². The molecule has 0 unspecified atom stereocenters. The molecule has 1 aromatic carbocycles. The summed E-state index contributed by atoms with van der Waals surface area (Å²) in [4.78, 5) is 2.08. The molecule has 2 nitrogen and oxygen atoms in total. The molecule has 0 amide bonds. The third-order valence-electron chi connectivity index (χ3n) is 2.20. The van der Waals surface area contributed by atoms with Gasteiger partial charge in [0.2, 0.25) is 0 Å². The maximum Gasteiger partial charge on any atom is 0.0861 e. The van der Waals surface area contributed by atoms with Gasteiger partial charge >= 0.3 is 0 Å². The summed E-state index contributed by atoms with van der Waals surface area (Å²) in [6, 6.07) is 6.37. The molecule has 0 aliphatic carbocycles. The van der Waals surface area contributed by atoms with Crippen LogP contribution in [-0.2, 0) is 10.7 Å². The smallest absolute Gasteiger partial charge is 0.0861 e. The maximum atomic E-state index is 11.8. The van der Waals surface area contributed by atoms with Crippen LogP contribution in [0.3, 0.4) is 0 Å². The Balaban J connectivity index is 3.04. The van der Waals surface area contributed by atoms with Crippen LogP contribution in [0.5, 0.6) is 0 Å². The average Bonchev–Trinajstić information content (AvgIpc) is 1.99. The summed E-state index contributed by atoms with van der Waals surface area (Å²) >= 11 is 0. The molecule has 3 heteroatoms. The van der Waals surface area contributed by atoms with Crippen molar-refractivity contribution in [1.82, 2.24) is 0 Å². The van der Waals surface area contributed by atoms with E-state index in [1.165, 1.54) is 16.8 Å². The van der Waals surface area contributed by atoms with Gasteiger partial charge in [0.1, 0.15) is 0 Å². The molecule has 0 spiro atoms. The zero-order valence-corrected chi connectivity index (χ0v) is 11.1. The van der Waals surface area contributed by atoms with Gasteiger partial charge in [-0.2, -0.15) is 0 Å². The van der Waals surface area contributed by atoms with Crippen molar-refractivity contribution in [2.45, 2.75) is 13.1 Å². The Morgan fingerprint density at radius 2 is 1.80 bits per heavy atom. The molecule has 0 N–H and O–H groups in total. The summed E-state index contributed by atoms with van der Waals surface area (Å²) < 4.78 is 11.8. The molecule has 0 aromatic heterocycles. The first-order valence-corrected chi connectivity index (χ1v) is 7.88. The van der Waals surface area contributed by atoms with Crippen LogP contribution in [0.15, 0.2) is 18.2 Å². The lowest BCUT2D eigenvalue weighted by molar-refractivity contribution is 0.582. The van der Waals surface area contributed by atoms with Crippen molar-refractivity contribution in [3.63, 3.8) is 0 Å². The van der Waals surface area contributed by atoms with E-state index in [0.717, 1.165) is 0 Å². The Morgan fingerprint density at radius 1 is 1.20 bits per heavy atom. The van der Waals surface area contributed by atoms with Crippen LogP contribution >= 0.6 is 7.14 Å². The maximum absolute atomic E-state index is 11.8. The normalized spacial score (nSPS) is 11.5. The SMILES string of the molecule is Cc1cc(CP(C)(C)=O)cc(N(C)C)c1. The number of rotatable bonds is 3. The van der Waals surface area contributed by atoms with Crippen LogP contribution in [0.2, 0.25) is 0 Å². The van der Waals surface area contributed by atoms with Gasteiger partial charge in [0, 0.05) is 25.9 Å². The van der Waals surface area contributed by atoms with E-state index in [1.807, 2.05) is 27.4 Å². The number of hydrogen-bond donors (Lipinski definition) is 0. The van der Waals surface area contributed by atoms with Gasteiger partial charge in [0.05, 0.1) is 7.14 Å². The van der Waals surface area contributed by atoms with E-state index >= 15 is 0 Å². The lowest BCUT2D eigenvalue weighted by atomic mass is 10.1. The molecule has 84 valence electrons. The third-order valence-corrected chi connectivity index (χ3v) is 3.33. The van der Waals surface area contributed by atoms with Crippen LogP contribution in [0.4, 0.5) is 5.69 Å². The molecule has 0 heterocycles. The molecule has 0 radical (unpaired) electrons. The van der Waals surface area contributed by atoms with Gasteiger partial charge in [-0.15, -0.1) is 0 Å². The fraction of sp³-hybridized carbons (Fsp3) is 0.500. The minimum absolute atomic E-state index is 0.690. The summed E-state index contributed by atoms with van der Waals surface area (Å²) in [7, 11) is 2.07. The Bertz CT molecular complexity index is 393. The molecule has 0 aliphatic rings. The van der Waals surface area contributed by atoms with Crippen LogP contribution < -0.4 is 4.90 Å². The van der Waals surface area contributed by atoms with E-state index in [2.05, 4.69) is 30.0 Å². The number of aryl methyl sites for hydroxylation is 1. The Labute approximate surface area is 92.7 Å². The molecular weight excluding hydrogens is 205 g/mol. The van der Waals surface area contributed by atoms with Crippen molar-refractivity contribution in [2.24, 2.45) is 0 Å². The third kappa shape index (κ3) is 4.09. The molecule has 1 rings (SSSR count). The number of anilines is 1. The highest BCUT2D eigenvalue weighted by molar-refractivity contribution is 7.61. The van der Waals surface area contributed by atoms with E-state index in [-0.39, 0.29) is 0 Å². The topological polar surface area (TPSA) is 20.3 Å². The van der Waals surface area contributed by atoms with E-state index in [4.69, 9.17) is 0 Å². The molecule has 0 fully saturated rings. The zero-order chi connectivity index (χ0) is 11.6. The Kier molecular flexibility index (Phi) is 3.62. The molecule has 0 saturated carbocycles. The highest BCUT2D eigenvalue weighted by Crippen LogP contribution is 2.40. The minimum Gasteiger partial charge on any atom is -0.378 e. The first-order valence-electron chi connectivity index (χ1n) is 5.10. The summed E-state index contributed by atoms with van der Waals surface area (Å²) in [6.07, 6.45) is 0.690. The van der Waals surface area contributed by atoms with Crippen LogP contribution in [0.1, 0.15) is 11.1 Å². The summed E-state index contributed by atoms with van der Waals surface area (Å²) in [6.45, 7) is 5.75. The van der Waals surface area contributed by atoms with E-state index < -0.39 is 7.14 Å². The zero-order valence-electron chi connectivity index (χ0n) is 10.2. The predicted octanol–water partition coefficient (Wildman–Crippen LogP) is 3.18. The molecule has 0 aliphatic heterocycles. The van der Waals surface area contributed by atoms with Gasteiger partial charge in [-0.3, -0.25) is 0 Å². The second-order valence-corrected chi connectivity index (χ2v) is 8.27. The van der Waals surface area contributed by atoms with Crippen LogP contribution in [0.25, 0.3) is 0 Å². The standard InChI is InChI=1S/C12H20NOP/c1-10-6-11(9-15(4,5)14)8-12(7-10)13(2)3/h6-8H,9H2,1-5H3. The van der Waals surface area contributed by atoms with Gasteiger partial charge < -0.3 is 9.46 Å². The van der Waals surface area contributed by atoms with Gasteiger partial charge in [-0.05, 0) is 43.5 Å². The molecule has 0 bridgehead atoms. The lowest BCUT2D eigenvalue weighted by Crippen LogP contribution is -2.09. The fourth-order valence-corrected chi connectivity index (χ4v) is 2.69. The van der Waals surface area contributed by atoms with Crippen molar-refractivity contribution >= 4 is 12.8 Å². The van der Waals surface area contributed by atoms with Crippen molar-refractivity contribution in [3.8, 4) is 0 Å². The lowest BCUT2D eigenvalue weighted by Gasteiger charge is -2.16. The molecule has 1 aromatic rings. The monoisotopic (exact) mass is 225 g/mol. The second kappa shape index (κ2) is 4.40. The van der Waals surface area contributed by atoms with E-state index in [0.29, 0.717) is 6.16 Å². The molecular formula is C12H20NOP.